The molecule has 0 spiro atoms. The minimum Gasteiger partial charge on any atom is -0.343 e. The molecule has 2 rings (SSSR count). The van der Waals surface area contributed by atoms with Crippen LogP contribution in [-0.2, 0) is 4.79 Å². The third-order valence-corrected chi connectivity index (χ3v) is 2.71. The molecule has 0 bridgehead atoms. The van der Waals surface area contributed by atoms with Crippen molar-refractivity contribution in [3.8, 4) is 0 Å². The first-order chi connectivity index (χ1) is 9.15. The molecule has 0 saturated carbocycles. The first-order valence-electron chi connectivity index (χ1n) is 5.25. The third-order valence-electron chi connectivity index (χ3n) is 2.10. The summed E-state index contributed by atoms with van der Waals surface area (Å²) in [5.41, 5.74) is 1.63. The molecule has 2 N–H and O–H groups in total. The molecule has 19 heavy (non-hydrogen) atoms. The average molecular weight is 280 g/mol. The van der Waals surface area contributed by atoms with E-state index in [1.54, 1.807) is 0 Å². The van der Waals surface area contributed by atoms with E-state index in [4.69, 9.17) is 0 Å². The van der Waals surface area contributed by atoms with Crippen LogP contribution >= 0.6 is 11.3 Å². The maximum Gasteiger partial charge on any atom is 0.251 e. The van der Waals surface area contributed by atoms with Gasteiger partial charge in [-0.3, -0.25) is 14.9 Å². The largest absolute Gasteiger partial charge is 0.343 e. The zero-order valence-corrected chi connectivity index (χ0v) is 10.4. The summed E-state index contributed by atoms with van der Waals surface area (Å²) in [5, 5.41) is 12.4. The predicted molar refractivity (Wildman–Crippen MR) is 67.3 cm³/mol. The van der Waals surface area contributed by atoms with Gasteiger partial charge in [-0.2, -0.15) is 0 Å². The summed E-state index contributed by atoms with van der Waals surface area (Å²) in [6.07, 6.45) is 0. The van der Waals surface area contributed by atoms with Gasteiger partial charge in [0.25, 0.3) is 5.91 Å². The standard InChI is InChI=1S/C11H9FN4O2S/c12-8-3-1-2-7(4-8)10(18)13-5-9(17)15-11-16-14-6-19-11/h1-4,6H,5H2,(H,13,18)(H,15,16,17). The second-order valence-electron chi connectivity index (χ2n) is 3.49. The molecule has 0 aliphatic rings. The maximum atomic E-state index is 12.9. The van der Waals surface area contributed by atoms with E-state index in [0.717, 1.165) is 6.07 Å². The van der Waals surface area contributed by atoms with Crippen LogP contribution in [0.2, 0.25) is 0 Å². The lowest BCUT2D eigenvalue weighted by Crippen LogP contribution is -2.32. The number of benzene rings is 1. The quantitative estimate of drug-likeness (QED) is 0.876. The first-order valence-corrected chi connectivity index (χ1v) is 6.13. The summed E-state index contributed by atoms with van der Waals surface area (Å²) < 4.78 is 12.9. The fourth-order valence-corrected chi connectivity index (χ4v) is 1.74. The van der Waals surface area contributed by atoms with E-state index < -0.39 is 17.6 Å². The van der Waals surface area contributed by atoms with E-state index in [0.29, 0.717) is 5.13 Å². The van der Waals surface area contributed by atoms with Crippen molar-refractivity contribution >= 4 is 28.3 Å². The van der Waals surface area contributed by atoms with Crippen LogP contribution in [0.5, 0.6) is 0 Å². The summed E-state index contributed by atoms with van der Waals surface area (Å²) in [6, 6.07) is 5.21. The molecule has 8 heteroatoms. The highest BCUT2D eigenvalue weighted by molar-refractivity contribution is 7.13. The lowest BCUT2D eigenvalue weighted by molar-refractivity contribution is -0.115. The van der Waals surface area contributed by atoms with E-state index in [1.807, 2.05) is 0 Å². The summed E-state index contributed by atoms with van der Waals surface area (Å²) in [4.78, 5) is 23.1. The highest BCUT2D eigenvalue weighted by atomic mass is 32.1. The van der Waals surface area contributed by atoms with Crippen molar-refractivity contribution in [3.63, 3.8) is 0 Å². The van der Waals surface area contributed by atoms with Gasteiger partial charge in [0, 0.05) is 5.56 Å². The molecule has 0 atom stereocenters. The number of hydrogen-bond acceptors (Lipinski definition) is 5. The summed E-state index contributed by atoms with van der Waals surface area (Å²) in [5.74, 6) is -1.46. The van der Waals surface area contributed by atoms with E-state index in [9.17, 15) is 14.0 Å². The molecule has 98 valence electrons. The number of nitrogens with one attached hydrogen (secondary N) is 2. The number of nitrogens with zero attached hydrogens (tertiary/aromatic N) is 2. The Morgan fingerprint density at radius 3 is 2.89 bits per heavy atom. The predicted octanol–water partition coefficient (Wildman–Crippen LogP) is 1.05. The SMILES string of the molecule is O=C(CNC(=O)c1cccc(F)c1)Nc1nncs1. The van der Waals surface area contributed by atoms with Crippen molar-refractivity contribution in [2.24, 2.45) is 0 Å². The molecule has 1 aromatic carbocycles. The Bertz CT molecular complexity index is 588. The second-order valence-corrected chi connectivity index (χ2v) is 4.32. The topological polar surface area (TPSA) is 84.0 Å². The molecule has 1 aromatic heterocycles. The molecule has 0 radical (unpaired) electrons. The Balaban J connectivity index is 1.85. The molecule has 6 nitrogen and oxygen atoms in total. The van der Waals surface area contributed by atoms with Gasteiger partial charge >= 0.3 is 0 Å². The van der Waals surface area contributed by atoms with Crippen molar-refractivity contribution in [1.82, 2.24) is 15.5 Å². The smallest absolute Gasteiger partial charge is 0.251 e. The van der Waals surface area contributed by atoms with Gasteiger partial charge in [-0.05, 0) is 18.2 Å². The summed E-state index contributed by atoms with van der Waals surface area (Å²) in [7, 11) is 0. The Morgan fingerprint density at radius 1 is 1.37 bits per heavy atom. The molecule has 0 saturated heterocycles. The van der Waals surface area contributed by atoms with Gasteiger partial charge in [-0.1, -0.05) is 17.4 Å². The van der Waals surface area contributed by atoms with Gasteiger partial charge in [0.2, 0.25) is 11.0 Å². The van der Waals surface area contributed by atoms with Crippen LogP contribution in [0, 0.1) is 5.82 Å². The highest BCUT2D eigenvalue weighted by Gasteiger charge is 2.09. The monoisotopic (exact) mass is 280 g/mol. The van der Waals surface area contributed by atoms with E-state index in [1.165, 1.54) is 35.0 Å². The van der Waals surface area contributed by atoms with Gasteiger partial charge in [-0.15, -0.1) is 10.2 Å². The fourth-order valence-electron chi connectivity index (χ4n) is 1.28. The van der Waals surface area contributed by atoms with Gasteiger partial charge in [0.15, 0.2) is 0 Å². The Labute approximate surface area is 111 Å². The van der Waals surface area contributed by atoms with Gasteiger partial charge in [0.05, 0.1) is 6.54 Å². The minimum atomic E-state index is -0.521. The number of carbonyl (C=O) groups excluding carboxylic acids is 2. The number of halogens is 1. The van der Waals surface area contributed by atoms with Crippen LogP contribution in [-0.4, -0.2) is 28.6 Å². The summed E-state index contributed by atoms with van der Waals surface area (Å²) >= 11 is 1.17. The highest BCUT2D eigenvalue weighted by Crippen LogP contribution is 2.07. The van der Waals surface area contributed by atoms with Crippen molar-refractivity contribution < 1.29 is 14.0 Å². The van der Waals surface area contributed by atoms with Gasteiger partial charge in [-0.25, -0.2) is 4.39 Å². The molecule has 2 aromatic rings. The normalized spacial score (nSPS) is 9.95. The zero-order valence-electron chi connectivity index (χ0n) is 9.59. The zero-order chi connectivity index (χ0) is 13.7. The number of anilines is 1. The van der Waals surface area contributed by atoms with E-state index >= 15 is 0 Å². The second kappa shape index (κ2) is 6.01. The van der Waals surface area contributed by atoms with Crippen molar-refractivity contribution in [3.05, 3.63) is 41.2 Å². The molecule has 0 fully saturated rings. The van der Waals surface area contributed by atoms with Crippen LogP contribution in [0.3, 0.4) is 0 Å². The molecule has 0 unspecified atom stereocenters. The van der Waals surface area contributed by atoms with Gasteiger partial charge < -0.3 is 5.32 Å². The molecule has 2 amide bonds. The maximum absolute atomic E-state index is 12.9. The lowest BCUT2D eigenvalue weighted by Gasteiger charge is -2.04. The van der Waals surface area contributed by atoms with Crippen LogP contribution in [0.4, 0.5) is 9.52 Å². The van der Waals surface area contributed by atoms with Crippen LogP contribution in [0.25, 0.3) is 0 Å². The summed E-state index contributed by atoms with van der Waals surface area (Å²) in [6.45, 7) is -0.227. The van der Waals surface area contributed by atoms with Crippen molar-refractivity contribution in [2.45, 2.75) is 0 Å². The Kier molecular flexibility index (Phi) is 4.14. The van der Waals surface area contributed by atoms with Gasteiger partial charge in [0.1, 0.15) is 11.3 Å². The third kappa shape index (κ3) is 3.81. The Morgan fingerprint density at radius 2 is 2.21 bits per heavy atom. The molecular weight excluding hydrogens is 271 g/mol. The van der Waals surface area contributed by atoms with Crippen molar-refractivity contribution in [1.29, 1.82) is 0 Å². The average Bonchev–Trinajstić information content (AvgIpc) is 2.88. The first kappa shape index (κ1) is 13.1. The number of aromatic nitrogens is 2. The van der Waals surface area contributed by atoms with E-state index in [-0.39, 0.29) is 12.1 Å². The number of carbonyl (C=O) groups is 2. The van der Waals surface area contributed by atoms with Crippen LogP contribution in [0.15, 0.2) is 29.8 Å². The number of hydrogen-bond donors (Lipinski definition) is 2. The Hall–Kier alpha value is -2.35. The molecule has 1 heterocycles. The number of rotatable bonds is 4. The lowest BCUT2D eigenvalue weighted by atomic mass is 10.2. The molecule has 0 aliphatic heterocycles. The minimum absolute atomic E-state index is 0.156. The van der Waals surface area contributed by atoms with Crippen molar-refractivity contribution in [2.75, 3.05) is 11.9 Å². The molecular formula is C11H9FN4O2S. The number of amides is 2. The van der Waals surface area contributed by atoms with Crippen LogP contribution < -0.4 is 10.6 Å². The molecule has 0 aliphatic carbocycles. The van der Waals surface area contributed by atoms with Crippen LogP contribution in [0.1, 0.15) is 10.4 Å². The van der Waals surface area contributed by atoms with E-state index in [2.05, 4.69) is 20.8 Å². The fraction of sp³-hybridized carbons (Fsp3) is 0.0909.